The molecular weight excluding hydrogens is 178 g/mol. The zero-order chi connectivity index (χ0) is 10.3. The molecule has 13 heavy (non-hydrogen) atoms. The molecule has 0 aromatic carbocycles. The second kappa shape index (κ2) is 6.38. The van der Waals surface area contributed by atoms with Gasteiger partial charge in [-0.3, -0.25) is 9.59 Å². The van der Waals surface area contributed by atoms with Crippen molar-refractivity contribution in [2.45, 2.75) is 31.7 Å². The van der Waals surface area contributed by atoms with Crippen molar-refractivity contribution in [2.75, 3.05) is 0 Å². The molecule has 0 aromatic rings. The molecule has 0 aliphatic heterocycles. The average Bonchev–Trinajstić information content (AvgIpc) is 2.03. The molecule has 0 radical (unpaired) electrons. The fourth-order valence-electron chi connectivity index (χ4n) is 0.868. The smallest absolute Gasteiger partial charge is 0.323 e. The number of carboxylic acids is 2. The van der Waals surface area contributed by atoms with Crippen LogP contribution in [0.25, 0.3) is 0 Å². The van der Waals surface area contributed by atoms with Gasteiger partial charge in [0.05, 0.1) is 0 Å². The predicted molar refractivity (Wildman–Crippen MR) is 42.4 cm³/mol. The van der Waals surface area contributed by atoms with Gasteiger partial charge >= 0.3 is 11.9 Å². The molecule has 1 unspecified atom stereocenters. The molecule has 0 heterocycles. The van der Waals surface area contributed by atoms with Crippen LogP contribution in [-0.2, 0) is 9.59 Å². The number of hydrogen-bond acceptors (Lipinski definition) is 4. The first-order chi connectivity index (χ1) is 6.07. The minimum absolute atomic E-state index is 0.0256. The minimum atomic E-state index is -1.14. The summed E-state index contributed by atoms with van der Waals surface area (Å²) >= 11 is 0. The molecule has 0 bridgehead atoms. The summed E-state index contributed by atoms with van der Waals surface area (Å²) in [6, 6.07) is -1.01. The van der Waals surface area contributed by atoms with Crippen LogP contribution in [0.1, 0.15) is 25.7 Å². The van der Waals surface area contributed by atoms with Gasteiger partial charge in [0.15, 0.2) is 0 Å². The van der Waals surface area contributed by atoms with E-state index in [0.29, 0.717) is 12.8 Å². The molecule has 0 saturated carbocycles. The number of rotatable bonds is 7. The topological polar surface area (TPSA) is 107 Å². The maximum absolute atomic E-state index is 10.3. The van der Waals surface area contributed by atoms with Crippen molar-refractivity contribution >= 4 is 11.9 Å². The summed E-state index contributed by atoms with van der Waals surface area (Å²) in [6.07, 6.45) is 1.12. The quantitative estimate of drug-likeness (QED) is 0.335. The third kappa shape index (κ3) is 6.06. The molecule has 0 aliphatic rings. The van der Waals surface area contributed by atoms with E-state index in [1.54, 1.807) is 5.48 Å². The number of carbonyl (C=O) groups is 2. The van der Waals surface area contributed by atoms with Crippen molar-refractivity contribution in [3.8, 4) is 0 Å². The Kier molecular flexibility index (Phi) is 5.82. The van der Waals surface area contributed by atoms with E-state index >= 15 is 0 Å². The molecule has 0 aromatic heterocycles. The number of hydroxylamine groups is 1. The van der Waals surface area contributed by atoms with Crippen LogP contribution >= 0.6 is 0 Å². The van der Waals surface area contributed by atoms with Gasteiger partial charge in [-0.05, 0) is 12.8 Å². The summed E-state index contributed by atoms with van der Waals surface area (Å²) in [6.45, 7) is 0. The van der Waals surface area contributed by atoms with Crippen LogP contribution in [0.5, 0.6) is 0 Å². The van der Waals surface area contributed by atoms with E-state index in [9.17, 15) is 9.59 Å². The van der Waals surface area contributed by atoms with Crippen LogP contribution < -0.4 is 5.48 Å². The molecule has 76 valence electrons. The van der Waals surface area contributed by atoms with E-state index in [2.05, 4.69) is 0 Å². The van der Waals surface area contributed by atoms with Gasteiger partial charge in [0.25, 0.3) is 0 Å². The average molecular weight is 191 g/mol. The number of nitrogens with one attached hydrogen (secondary N) is 1. The second-order valence-corrected chi connectivity index (χ2v) is 2.66. The molecule has 0 rings (SSSR count). The molecule has 0 aliphatic carbocycles. The minimum Gasteiger partial charge on any atom is -0.481 e. The third-order valence-corrected chi connectivity index (χ3v) is 1.59. The molecule has 1 atom stereocenters. The first-order valence-electron chi connectivity index (χ1n) is 3.92. The van der Waals surface area contributed by atoms with E-state index in [1.807, 2.05) is 0 Å². The Labute approximate surface area is 75.1 Å². The Morgan fingerprint density at radius 3 is 2.23 bits per heavy atom. The van der Waals surface area contributed by atoms with E-state index in [1.165, 1.54) is 0 Å². The highest BCUT2D eigenvalue weighted by molar-refractivity contribution is 5.73. The van der Waals surface area contributed by atoms with Crippen LogP contribution in [0.15, 0.2) is 0 Å². The highest BCUT2D eigenvalue weighted by Gasteiger charge is 2.14. The number of carboxylic acid groups (broad SMARTS) is 2. The van der Waals surface area contributed by atoms with Crippen LogP contribution in [0.3, 0.4) is 0 Å². The molecule has 0 fully saturated rings. The van der Waals surface area contributed by atoms with Gasteiger partial charge in [-0.25, -0.2) is 0 Å². The number of hydrogen-bond donors (Lipinski definition) is 4. The summed E-state index contributed by atoms with van der Waals surface area (Å²) in [5, 5.41) is 25.1. The lowest BCUT2D eigenvalue weighted by Crippen LogP contribution is -2.34. The van der Waals surface area contributed by atoms with Crippen molar-refractivity contribution in [1.29, 1.82) is 0 Å². The van der Waals surface area contributed by atoms with Gasteiger partial charge < -0.3 is 15.4 Å². The SMILES string of the molecule is O=C(O)CCCCC(NO)C(=O)O. The fraction of sp³-hybridized carbons (Fsp3) is 0.714. The van der Waals surface area contributed by atoms with Crippen LogP contribution in [-0.4, -0.2) is 33.4 Å². The van der Waals surface area contributed by atoms with Crippen molar-refractivity contribution < 1.29 is 25.0 Å². The summed E-state index contributed by atoms with van der Waals surface area (Å²) in [4.78, 5) is 20.4. The first kappa shape index (κ1) is 11.9. The molecule has 0 saturated heterocycles. The highest BCUT2D eigenvalue weighted by atomic mass is 16.5. The van der Waals surface area contributed by atoms with Gasteiger partial charge in [-0.2, -0.15) is 5.48 Å². The molecular formula is C7H13NO5. The Bertz CT molecular complexity index is 182. The lowest BCUT2D eigenvalue weighted by Gasteiger charge is -2.08. The monoisotopic (exact) mass is 191 g/mol. The van der Waals surface area contributed by atoms with Crippen molar-refractivity contribution in [1.82, 2.24) is 5.48 Å². The van der Waals surface area contributed by atoms with Crippen LogP contribution in [0.4, 0.5) is 0 Å². The maximum atomic E-state index is 10.3. The summed E-state index contributed by atoms with van der Waals surface area (Å²) < 4.78 is 0. The van der Waals surface area contributed by atoms with Crippen molar-refractivity contribution in [3.05, 3.63) is 0 Å². The van der Waals surface area contributed by atoms with E-state index < -0.39 is 18.0 Å². The predicted octanol–water partition coefficient (Wildman–Crippen LogP) is 0.0634. The zero-order valence-electron chi connectivity index (χ0n) is 7.06. The van der Waals surface area contributed by atoms with E-state index in [4.69, 9.17) is 15.4 Å². The maximum Gasteiger partial charge on any atom is 0.323 e. The first-order valence-corrected chi connectivity index (χ1v) is 3.92. The van der Waals surface area contributed by atoms with E-state index in [-0.39, 0.29) is 12.8 Å². The molecule has 4 N–H and O–H groups in total. The Morgan fingerprint density at radius 1 is 1.23 bits per heavy atom. The largest absolute Gasteiger partial charge is 0.481 e. The molecule has 0 spiro atoms. The van der Waals surface area contributed by atoms with Gasteiger partial charge in [0.1, 0.15) is 6.04 Å². The van der Waals surface area contributed by atoms with Crippen LogP contribution in [0, 0.1) is 0 Å². The Hall–Kier alpha value is -1.14. The molecule has 6 nitrogen and oxygen atoms in total. The molecule has 0 amide bonds. The Morgan fingerprint density at radius 2 is 1.85 bits per heavy atom. The fourth-order valence-corrected chi connectivity index (χ4v) is 0.868. The summed E-state index contributed by atoms with van der Waals surface area (Å²) in [5.74, 6) is -2.04. The number of unbranched alkanes of at least 4 members (excludes halogenated alkanes) is 1. The lowest BCUT2D eigenvalue weighted by molar-refractivity contribution is -0.142. The second-order valence-electron chi connectivity index (χ2n) is 2.66. The standard InChI is InChI=1S/C7H13NO5/c9-6(10)4-2-1-3-5(8-13)7(11)12/h5,8,13H,1-4H2,(H,9,10)(H,11,12). The van der Waals surface area contributed by atoms with Crippen LogP contribution in [0.2, 0.25) is 0 Å². The lowest BCUT2D eigenvalue weighted by atomic mass is 10.1. The zero-order valence-corrected chi connectivity index (χ0v) is 7.06. The van der Waals surface area contributed by atoms with Crippen molar-refractivity contribution in [3.63, 3.8) is 0 Å². The van der Waals surface area contributed by atoms with Gasteiger partial charge in [0.2, 0.25) is 0 Å². The molecule has 6 heteroatoms. The summed E-state index contributed by atoms with van der Waals surface area (Å²) in [7, 11) is 0. The van der Waals surface area contributed by atoms with Crippen molar-refractivity contribution in [2.24, 2.45) is 0 Å². The van der Waals surface area contributed by atoms with Gasteiger partial charge in [-0.15, -0.1) is 0 Å². The summed E-state index contributed by atoms with van der Waals surface area (Å²) in [5.41, 5.74) is 1.64. The van der Waals surface area contributed by atoms with Gasteiger partial charge in [0, 0.05) is 6.42 Å². The normalized spacial score (nSPS) is 12.4. The van der Waals surface area contributed by atoms with E-state index in [0.717, 1.165) is 0 Å². The number of aliphatic carboxylic acids is 2. The van der Waals surface area contributed by atoms with Gasteiger partial charge in [-0.1, -0.05) is 6.42 Å². The third-order valence-electron chi connectivity index (χ3n) is 1.59. The highest BCUT2D eigenvalue weighted by Crippen LogP contribution is 2.03. The Balaban J connectivity index is 3.50.